The number of nitrogens with zero attached hydrogens (tertiary/aromatic N) is 1. The molecule has 0 amide bonds. The number of hydrogen-bond donors (Lipinski definition) is 0. The number of carbonyl (C=O) groups is 1. The van der Waals surface area contributed by atoms with Crippen molar-refractivity contribution in [2.75, 3.05) is 13.6 Å². The summed E-state index contributed by atoms with van der Waals surface area (Å²) in [5.74, 6) is 0.339. The third-order valence-corrected chi connectivity index (χ3v) is 4.48. The maximum Gasteiger partial charge on any atom is 0.149 e. The average molecular weight is 277 g/mol. The van der Waals surface area contributed by atoms with Gasteiger partial charge in [0.2, 0.25) is 0 Å². The lowest BCUT2D eigenvalue weighted by Gasteiger charge is -2.27. The van der Waals surface area contributed by atoms with Gasteiger partial charge in [-0.15, -0.1) is 0 Å². The maximum atomic E-state index is 13.8. The molecular weight excluding hydrogens is 253 g/mol. The zero-order chi connectivity index (χ0) is 14.5. The van der Waals surface area contributed by atoms with Crippen molar-refractivity contribution < 1.29 is 9.18 Å². The van der Waals surface area contributed by atoms with E-state index in [1.54, 1.807) is 12.1 Å². The van der Waals surface area contributed by atoms with E-state index in [4.69, 9.17) is 0 Å². The van der Waals surface area contributed by atoms with Gasteiger partial charge in [0.25, 0.3) is 0 Å². The average Bonchev–Trinajstić information content (AvgIpc) is 2.48. The summed E-state index contributed by atoms with van der Waals surface area (Å²) in [5, 5.41) is 0. The minimum atomic E-state index is -0.197. The van der Waals surface area contributed by atoms with E-state index in [2.05, 4.69) is 0 Å². The van der Waals surface area contributed by atoms with Gasteiger partial charge in [0.1, 0.15) is 11.6 Å². The summed E-state index contributed by atoms with van der Waals surface area (Å²) in [6.45, 7) is 2.37. The van der Waals surface area contributed by atoms with Crippen molar-refractivity contribution in [2.45, 2.75) is 45.1 Å². The molecule has 0 heterocycles. The predicted octanol–water partition coefficient (Wildman–Crippen LogP) is 3.97. The molecule has 0 saturated heterocycles. The molecule has 1 fully saturated rings. The number of halogens is 1. The molecule has 20 heavy (non-hydrogen) atoms. The second-order valence-electron chi connectivity index (χ2n) is 5.91. The Morgan fingerprint density at radius 3 is 2.60 bits per heavy atom. The van der Waals surface area contributed by atoms with Crippen LogP contribution in [0.3, 0.4) is 0 Å². The lowest BCUT2D eigenvalue weighted by molar-refractivity contribution is -0.125. The quantitative estimate of drug-likeness (QED) is 0.811. The van der Waals surface area contributed by atoms with Crippen molar-refractivity contribution in [1.29, 1.82) is 0 Å². The van der Waals surface area contributed by atoms with E-state index in [1.165, 1.54) is 25.3 Å². The van der Waals surface area contributed by atoms with Gasteiger partial charge < -0.3 is 0 Å². The van der Waals surface area contributed by atoms with Crippen molar-refractivity contribution in [3.05, 3.63) is 35.6 Å². The molecule has 1 unspecified atom stereocenters. The largest absolute Gasteiger partial charge is 0.298 e. The van der Waals surface area contributed by atoms with Gasteiger partial charge in [0.05, 0.1) is 6.54 Å². The van der Waals surface area contributed by atoms with Crippen LogP contribution in [0.5, 0.6) is 0 Å². The van der Waals surface area contributed by atoms with Gasteiger partial charge in [-0.3, -0.25) is 9.69 Å². The molecule has 0 N–H and O–H groups in total. The normalized spacial score (nSPS) is 18.2. The van der Waals surface area contributed by atoms with Gasteiger partial charge in [0, 0.05) is 17.5 Å². The number of rotatable bonds is 5. The molecule has 1 aliphatic rings. The van der Waals surface area contributed by atoms with E-state index < -0.39 is 0 Å². The summed E-state index contributed by atoms with van der Waals surface area (Å²) < 4.78 is 13.8. The number of ketones is 1. The molecule has 0 spiro atoms. The summed E-state index contributed by atoms with van der Waals surface area (Å²) in [5.41, 5.74) is 0.659. The zero-order valence-electron chi connectivity index (χ0n) is 12.4. The van der Waals surface area contributed by atoms with Crippen molar-refractivity contribution >= 4 is 5.78 Å². The topological polar surface area (TPSA) is 20.3 Å². The maximum absolute atomic E-state index is 13.8. The van der Waals surface area contributed by atoms with E-state index in [0.29, 0.717) is 17.9 Å². The van der Waals surface area contributed by atoms with Crippen LogP contribution in [0, 0.1) is 11.7 Å². The number of hydrogen-bond acceptors (Lipinski definition) is 2. The monoisotopic (exact) mass is 277 g/mol. The summed E-state index contributed by atoms with van der Waals surface area (Å²) in [4.78, 5) is 14.2. The third kappa shape index (κ3) is 3.66. The van der Waals surface area contributed by atoms with E-state index >= 15 is 0 Å². The molecule has 1 aromatic carbocycles. The summed E-state index contributed by atoms with van der Waals surface area (Å²) in [6.07, 6.45) is 5.65. The highest BCUT2D eigenvalue weighted by Gasteiger charge is 2.24. The highest BCUT2D eigenvalue weighted by atomic mass is 19.1. The van der Waals surface area contributed by atoms with Crippen molar-refractivity contribution in [3.8, 4) is 0 Å². The van der Waals surface area contributed by atoms with E-state index in [-0.39, 0.29) is 17.8 Å². The number of likely N-dealkylation sites (N-methyl/N-ethyl adjacent to an activating group) is 1. The Morgan fingerprint density at radius 1 is 1.30 bits per heavy atom. The number of benzene rings is 1. The Labute approximate surface area is 121 Å². The van der Waals surface area contributed by atoms with Crippen LogP contribution in [0.25, 0.3) is 0 Å². The van der Waals surface area contributed by atoms with Crippen LogP contribution in [-0.4, -0.2) is 24.3 Å². The van der Waals surface area contributed by atoms with E-state index in [1.807, 2.05) is 24.9 Å². The lowest BCUT2D eigenvalue weighted by atomic mass is 9.86. The standard InChI is InChI=1S/C17H24FNO/c1-13(15-10-6-7-11-16(15)18)19(2)12-17(20)14-8-4-3-5-9-14/h6-7,10-11,13-14H,3-5,8-9,12H2,1-2H3. The third-order valence-electron chi connectivity index (χ3n) is 4.48. The Kier molecular flexibility index (Phi) is 5.30. The highest BCUT2D eigenvalue weighted by molar-refractivity contribution is 5.83. The molecule has 110 valence electrons. The SMILES string of the molecule is CC(c1ccccc1F)N(C)CC(=O)C1CCCCC1. The minimum Gasteiger partial charge on any atom is -0.298 e. The molecule has 1 aromatic rings. The van der Waals surface area contributed by atoms with Crippen molar-refractivity contribution in [2.24, 2.45) is 5.92 Å². The first-order valence-corrected chi connectivity index (χ1v) is 7.57. The Hall–Kier alpha value is -1.22. The van der Waals surface area contributed by atoms with Gasteiger partial charge in [0.15, 0.2) is 0 Å². The zero-order valence-corrected chi connectivity index (χ0v) is 12.4. The van der Waals surface area contributed by atoms with Crippen LogP contribution in [0.2, 0.25) is 0 Å². The molecule has 2 rings (SSSR count). The Bertz CT molecular complexity index is 454. The van der Waals surface area contributed by atoms with Crippen LogP contribution < -0.4 is 0 Å². The van der Waals surface area contributed by atoms with Crippen LogP contribution in [0.4, 0.5) is 4.39 Å². The molecule has 1 aliphatic carbocycles. The molecule has 1 saturated carbocycles. The molecule has 2 nitrogen and oxygen atoms in total. The first-order chi connectivity index (χ1) is 9.59. The lowest BCUT2D eigenvalue weighted by Crippen LogP contribution is -2.33. The van der Waals surface area contributed by atoms with Gasteiger partial charge in [-0.25, -0.2) is 4.39 Å². The second kappa shape index (κ2) is 6.98. The van der Waals surface area contributed by atoms with E-state index in [9.17, 15) is 9.18 Å². The number of Topliss-reactive ketones (excluding diaryl/α,β-unsaturated/α-hetero) is 1. The fourth-order valence-electron chi connectivity index (χ4n) is 2.99. The molecule has 0 aromatic heterocycles. The first kappa shape index (κ1) is 15.2. The minimum absolute atomic E-state index is 0.0799. The van der Waals surface area contributed by atoms with Crippen LogP contribution >= 0.6 is 0 Å². The first-order valence-electron chi connectivity index (χ1n) is 7.57. The second-order valence-corrected chi connectivity index (χ2v) is 5.91. The molecule has 1 atom stereocenters. The fourth-order valence-corrected chi connectivity index (χ4v) is 2.99. The summed E-state index contributed by atoms with van der Waals surface area (Å²) >= 11 is 0. The van der Waals surface area contributed by atoms with Crippen LogP contribution in [0.1, 0.15) is 50.6 Å². The summed E-state index contributed by atoms with van der Waals surface area (Å²) in [7, 11) is 1.90. The molecule has 0 bridgehead atoms. The molecule has 0 aliphatic heterocycles. The Morgan fingerprint density at radius 2 is 1.95 bits per heavy atom. The van der Waals surface area contributed by atoms with Crippen molar-refractivity contribution in [3.63, 3.8) is 0 Å². The molecule has 0 radical (unpaired) electrons. The van der Waals surface area contributed by atoms with Gasteiger partial charge >= 0.3 is 0 Å². The van der Waals surface area contributed by atoms with Gasteiger partial charge in [-0.1, -0.05) is 37.5 Å². The van der Waals surface area contributed by atoms with Gasteiger partial charge in [-0.05, 0) is 32.9 Å². The van der Waals surface area contributed by atoms with Gasteiger partial charge in [-0.2, -0.15) is 0 Å². The van der Waals surface area contributed by atoms with Crippen LogP contribution in [-0.2, 0) is 4.79 Å². The van der Waals surface area contributed by atoms with Crippen LogP contribution in [0.15, 0.2) is 24.3 Å². The Balaban J connectivity index is 1.95. The number of carbonyl (C=O) groups excluding carboxylic acids is 1. The highest BCUT2D eigenvalue weighted by Crippen LogP contribution is 2.26. The molecule has 3 heteroatoms. The smallest absolute Gasteiger partial charge is 0.149 e. The predicted molar refractivity (Wildman–Crippen MR) is 79.0 cm³/mol. The van der Waals surface area contributed by atoms with Crippen molar-refractivity contribution in [1.82, 2.24) is 4.90 Å². The fraction of sp³-hybridized carbons (Fsp3) is 0.588. The summed E-state index contributed by atoms with van der Waals surface area (Å²) in [6, 6.07) is 6.72. The molecular formula is C17H24FNO. The van der Waals surface area contributed by atoms with E-state index in [0.717, 1.165) is 12.8 Å².